The van der Waals surface area contributed by atoms with Crippen LogP contribution in [0.2, 0.25) is 0 Å². The second kappa shape index (κ2) is 10.6. The van der Waals surface area contributed by atoms with Gasteiger partial charge in [-0.3, -0.25) is 14.4 Å². The van der Waals surface area contributed by atoms with Crippen molar-refractivity contribution in [1.82, 2.24) is 19.8 Å². The second-order valence-corrected chi connectivity index (χ2v) is 10.6. The Morgan fingerprint density at radius 3 is 1.76 bits per heavy atom. The van der Waals surface area contributed by atoms with Crippen LogP contribution in [-0.4, -0.2) is 74.7 Å². The Labute approximate surface area is 196 Å². The Morgan fingerprint density at radius 2 is 1.27 bits per heavy atom. The van der Waals surface area contributed by atoms with Crippen molar-refractivity contribution in [2.45, 2.75) is 65.8 Å². The molecule has 1 aliphatic heterocycles. The molecule has 1 fully saturated rings. The van der Waals surface area contributed by atoms with Crippen LogP contribution in [0.25, 0.3) is 0 Å². The Hall–Kier alpha value is -2.46. The van der Waals surface area contributed by atoms with Crippen molar-refractivity contribution < 1.29 is 22.8 Å². The first kappa shape index (κ1) is 26.8. The van der Waals surface area contributed by atoms with Crippen LogP contribution in [-0.2, 0) is 24.4 Å². The van der Waals surface area contributed by atoms with E-state index in [0.29, 0.717) is 13.1 Å². The number of benzene rings is 1. The number of carbonyl (C=O) groups is 3. The smallest absolute Gasteiger partial charge is 0.312 e. The first-order valence-electron chi connectivity index (χ1n) is 11.2. The third-order valence-corrected chi connectivity index (χ3v) is 8.10. The maximum absolute atomic E-state index is 13.0. The van der Waals surface area contributed by atoms with E-state index in [1.54, 1.807) is 32.6 Å². The Bertz CT molecular complexity index is 1010. The van der Waals surface area contributed by atoms with Gasteiger partial charge in [0.05, 0.1) is 4.90 Å². The topological polar surface area (TPSA) is 116 Å². The van der Waals surface area contributed by atoms with Crippen LogP contribution in [0.4, 0.5) is 0 Å². The van der Waals surface area contributed by atoms with Crippen LogP contribution < -0.4 is 10.0 Å². The molecule has 184 valence electrons. The van der Waals surface area contributed by atoms with Gasteiger partial charge in [-0.25, -0.2) is 13.1 Å². The van der Waals surface area contributed by atoms with Gasteiger partial charge in [0.2, 0.25) is 15.9 Å². The predicted octanol–water partition coefficient (Wildman–Crippen LogP) is 1.09. The normalized spacial score (nSPS) is 14.5. The number of piperazine rings is 1. The molecule has 9 nitrogen and oxygen atoms in total. The summed E-state index contributed by atoms with van der Waals surface area (Å²) in [6, 6.07) is -0.131. The minimum absolute atomic E-state index is 0.0119. The third-order valence-electron chi connectivity index (χ3n) is 6.36. The van der Waals surface area contributed by atoms with Crippen molar-refractivity contribution in [3.05, 3.63) is 27.8 Å². The molecular weight excluding hydrogens is 444 g/mol. The van der Waals surface area contributed by atoms with E-state index in [9.17, 15) is 22.8 Å². The highest BCUT2D eigenvalue weighted by Crippen LogP contribution is 2.29. The van der Waals surface area contributed by atoms with Gasteiger partial charge in [0.25, 0.3) is 0 Å². The van der Waals surface area contributed by atoms with Gasteiger partial charge in [0.1, 0.15) is 0 Å². The molecule has 0 unspecified atom stereocenters. The third kappa shape index (κ3) is 6.11. The highest BCUT2D eigenvalue weighted by atomic mass is 32.2. The fourth-order valence-corrected chi connectivity index (χ4v) is 5.65. The van der Waals surface area contributed by atoms with Crippen molar-refractivity contribution in [2.75, 3.05) is 32.7 Å². The molecule has 1 heterocycles. The molecule has 0 bridgehead atoms. The highest BCUT2D eigenvalue weighted by Gasteiger charge is 2.28. The standard InChI is InChI=1S/C23H36N4O5S/c1-14(2)25-22(29)23(30)27-12-10-26(11-13-27)20(28)8-9-24-33(31,32)21-18(6)16(4)15(3)17(5)19(21)7/h14,24H,8-13H2,1-7H3,(H,25,29). The number of hydrogen-bond donors (Lipinski definition) is 2. The molecule has 1 saturated heterocycles. The van der Waals surface area contributed by atoms with Gasteiger partial charge in [0, 0.05) is 45.2 Å². The minimum Gasteiger partial charge on any atom is -0.346 e. The summed E-state index contributed by atoms with van der Waals surface area (Å²) in [6.07, 6.45) is 0.0168. The van der Waals surface area contributed by atoms with E-state index in [4.69, 9.17) is 0 Å². The molecule has 0 aliphatic carbocycles. The summed E-state index contributed by atoms with van der Waals surface area (Å²) in [5.41, 5.74) is 4.42. The molecule has 1 aliphatic rings. The number of hydrogen-bond acceptors (Lipinski definition) is 5. The van der Waals surface area contributed by atoms with Crippen molar-refractivity contribution in [2.24, 2.45) is 0 Å². The lowest BCUT2D eigenvalue weighted by molar-refractivity contribution is -0.148. The van der Waals surface area contributed by atoms with Gasteiger partial charge in [-0.05, 0) is 76.3 Å². The van der Waals surface area contributed by atoms with E-state index in [1.807, 2.05) is 20.8 Å². The quantitative estimate of drug-likeness (QED) is 0.592. The monoisotopic (exact) mass is 480 g/mol. The molecule has 0 saturated carbocycles. The molecule has 33 heavy (non-hydrogen) atoms. The van der Waals surface area contributed by atoms with E-state index >= 15 is 0 Å². The van der Waals surface area contributed by atoms with Gasteiger partial charge < -0.3 is 15.1 Å². The van der Waals surface area contributed by atoms with E-state index in [0.717, 1.165) is 27.8 Å². The molecular formula is C23H36N4O5S. The zero-order chi connectivity index (χ0) is 25.1. The summed E-state index contributed by atoms with van der Waals surface area (Å²) >= 11 is 0. The Morgan fingerprint density at radius 1 is 0.818 bits per heavy atom. The lowest BCUT2D eigenvalue weighted by Crippen LogP contribution is -2.54. The van der Waals surface area contributed by atoms with Crippen molar-refractivity contribution in [3.8, 4) is 0 Å². The average molecular weight is 481 g/mol. The summed E-state index contributed by atoms with van der Waals surface area (Å²) < 4.78 is 28.5. The molecule has 1 aromatic carbocycles. The van der Waals surface area contributed by atoms with Crippen LogP contribution >= 0.6 is 0 Å². The molecule has 10 heteroatoms. The fourth-order valence-electron chi connectivity index (χ4n) is 4.02. The van der Waals surface area contributed by atoms with Gasteiger partial charge >= 0.3 is 11.8 Å². The van der Waals surface area contributed by atoms with E-state index in [-0.39, 0.29) is 42.9 Å². The number of nitrogens with one attached hydrogen (secondary N) is 2. The maximum Gasteiger partial charge on any atom is 0.312 e. The van der Waals surface area contributed by atoms with Crippen molar-refractivity contribution in [1.29, 1.82) is 0 Å². The highest BCUT2D eigenvalue weighted by molar-refractivity contribution is 7.89. The number of nitrogens with zero attached hydrogens (tertiary/aromatic N) is 2. The summed E-state index contributed by atoms with van der Waals surface area (Å²) in [4.78, 5) is 39.9. The first-order valence-corrected chi connectivity index (χ1v) is 12.7. The Kier molecular flexibility index (Phi) is 8.64. The zero-order valence-corrected chi connectivity index (χ0v) is 21.5. The summed E-state index contributed by atoms with van der Waals surface area (Å²) in [5, 5.41) is 2.57. The average Bonchev–Trinajstić information content (AvgIpc) is 2.75. The molecule has 0 spiro atoms. The van der Waals surface area contributed by atoms with E-state index < -0.39 is 21.8 Å². The lowest BCUT2D eigenvalue weighted by atomic mass is 9.95. The van der Waals surface area contributed by atoms with Crippen molar-refractivity contribution >= 4 is 27.7 Å². The number of rotatable bonds is 6. The van der Waals surface area contributed by atoms with Gasteiger partial charge in [-0.1, -0.05) is 0 Å². The number of carbonyl (C=O) groups excluding carboxylic acids is 3. The molecule has 0 atom stereocenters. The van der Waals surface area contributed by atoms with Crippen LogP contribution in [0.15, 0.2) is 4.90 Å². The molecule has 1 aromatic rings. The lowest BCUT2D eigenvalue weighted by Gasteiger charge is -2.34. The number of amides is 3. The zero-order valence-electron chi connectivity index (χ0n) is 20.7. The SMILES string of the molecule is Cc1c(C)c(C)c(S(=O)(=O)NCCC(=O)N2CCN(C(=O)C(=O)NC(C)C)CC2)c(C)c1C. The van der Waals surface area contributed by atoms with Gasteiger partial charge in [-0.2, -0.15) is 0 Å². The predicted molar refractivity (Wildman–Crippen MR) is 126 cm³/mol. The van der Waals surface area contributed by atoms with E-state index in [1.165, 1.54) is 4.90 Å². The van der Waals surface area contributed by atoms with Crippen LogP contribution in [0, 0.1) is 34.6 Å². The number of sulfonamides is 1. The molecule has 3 amide bonds. The van der Waals surface area contributed by atoms with Crippen LogP contribution in [0.3, 0.4) is 0 Å². The molecule has 2 N–H and O–H groups in total. The molecule has 2 rings (SSSR count). The largest absolute Gasteiger partial charge is 0.346 e. The van der Waals surface area contributed by atoms with E-state index in [2.05, 4.69) is 10.0 Å². The first-order chi connectivity index (χ1) is 15.3. The Balaban J connectivity index is 1.93. The van der Waals surface area contributed by atoms with Gasteiger partial charge in [-0.15, -0.1) is 0 Å². The summed E-state index contributed by atoms with van der Waals surface area (Å²) in [6.45, 7) is 14.1. The molecule has 0 radical (unpaired) electrons. The van der Waals surface area contributed by atoms with Crippen LogP contribution in [0.1, 0.15) is 48.1 Å². The second-order valence-electron chi connectivity index (χ2n) is 8.90. The maximum atomic E-state index is 13.0. The molecule has 0 aromatic heterocycles. The fraction of sp³-hybridized carbons (Fsp3) is 0.609. The van der Waals surface area contributed by atoms with Gasteiger partial charge in [0.15, 0.2) is 0 Å². The minimum atomic E-state index is -3.77. The summed E-state index contributed by atoms with van der Waals surface area (Å²) in [5.74, 6) is -1.44. The van der Waals surface area contributed by atoms with Crippen molar-refractivity contribution in [3.63, 3.8) is 0 Å². The summed E-state index contributed by atoms with van der Waals surface area (Å²) in [7, 11) is -3.77. The van der Waals surface area contributed by atoms with Crippen LogP contribution in [0.5, 0.6) is 0 Å².